The van der Waals surface area contributed by atoms with Crippen LogP contribution < -0.4 is 11.1 Å². The molecule has 4 nitrogen and oxygen atoms in total. The van der Waals surface area contributed by atoms with Gasteiger partial charge in [-0.05, 0) is 71.0 Å². The summed E-state index contributed by atoms with van der Waals surface area (Å²) in [4.78, 5) is 14.6. The summed E-state index contributed by atoms with van der Waals surface area (Å²) >= 11 is 0. The predicted octanol–water partition coefficient (Wildman–Crippen LogP) is 1.88. The van der Waals surface area contributed by atoms with Crippen molar-refractivity contribution in [2.45, 2.75) is 70.4 Å². The standard InChI is InChI=1S/C16H31N3O/c1-3-10-18-16(15(17)20)9-4-7-14(16)8-12-19-11-5-6-13(19)2/h13-14,18H,3-12H2,1-2H3,(H2,17,20). The largest absolute Gasteiger partial charge is 0.368 e. The van der Waals surface area contributed by atoms with Crippen LogP contribution in [0.25, 0.3) is 0 Å². The molecule has 1 saturated heterocycles. The van der Waals surface area contributed by atoms with Crippen molar-refractivity contribution in [3.8, 4) is 0 Å². The molecule has 0 spiro atoms. The molecule has 3 atom stereocenters. The lowest BCUT2D eigenvalue weighted by Crippen LogP contribution is -2.58. The molecule has 3 N–H and O–H groups in total. The highest BCUT2D eigenvalue weighted by Gasteiger charge is 2.47. The Morgan fingerprint density at radius 2 is 2.20 bits per heavy atom. The molecule has 1 aliphatic carbocycles. The minimum atomic E-state index is -0.432. The summed E-state index contributed by atoms with van der Waals surface area (Å²) < 4.78 is 0. The molecule has 0 aromatic carbocycles. The maximum atomic E-state index is 12.0. The van der Waals surface area contributed by atoms with Crippen LogP contribution in [0.3, 0.4) is 0 Å². The fourth-order valence-corrected chi connectivity index (χ4v) is 4.11. The summed E-state index contributed by atoms with van der Waals surface area (Å²) in [5.74, 6) is 0.280. The Kier molecular flexibility index (Phi) is 5.44. The van der Waals surface area contributed by atoms with Crippen LogP contribution in [0.4, 0.5) is 0 Å². The molecule has 2 aliphatic rings. The average molecular weight is 281 g/mol. The van der Waals surface area contributed by atoms with Gasteiger partial charge in [-0.15, -0.1) is 0 Å². The second-order valence-corrected chi connectivity index (χ2v) is 6.67. The zero-order chi connectivity index (χ0) is 14.6. The van der Waals surface area contributed by atoms with Gasteiger partial charge in [-0.25, -0.2) is 0 Å². The van der Waals surface area contributed by atoms with Gasteiger partial charge in [0, 0.05) is 6.04 Å². The first-order valence-electron chi connectivity index (χ1n) is 8.39. The summed E-state index contributed by atoms with van der Waals surface area (Å²) in [5.41, 5.74) is 5.33. The molecule has 116 valence electrons. The van der Waals surface area contributed by atoms with Crippen molar-refractivity contribution in [3.05, 3.63) is 0 Å². The van der Waals surface area contributed by atoms with E-state index in [0.717, 1.165) is 45.2 Å². The molecule has 4 heteroatoms. The number of nitrogens with one attached hydrogen (secondary N) is 1. The fraction of sp³-hybridized carbons (Fsp3) is 0.938. The molecular weight excluding hydrogens is 250 g/mol. The number of hydrogen-bond acceptors (Lipinski definition) is 3. The van der Waals surface area contributed by atoms with Gasteiger partial charge < -0.3 is 16.0 Å². The number of amides is 1. The number of likely N-dealkylation sites (tertiary alicyclic amines) is 1. The molecule has 2 rings (SSSR count). The van der Waals surface area contributed by atoms with Gasteiger partial charge in [-0.2, -0.15) is 0 Å². The van der Waals surface area contributed by atoms with Crippen LogP contribution in [0.2, 0.25) is 0 Å². The van der Waals surface area contributed by atoms with Gasteiger partial charge in [-0.1, -0.05) is 13.3 Å². The smallest absolute Gasteiger partial charge is 0.238 e. The number of rotatable bonds is 7. The summed E-state index contributed by atoms with van der Waals surface area (Å²) in [5, 5.41) is 3.49. The van der Waals surface area contributed by atoms with E-state index < -0.39 is 5.54 Å². The minimum absolute atomic E-state index is 0.136. The van der Waals surface area contributed by atoms with E-state index in [-0.39, 0.29) is 5.91 Å². The van der Waals surface area contributed by atoms with Crippen LogP contribution in [-0.4, -0.2) is 42.0 Å². The van der Waals surface area contributed by atoms with Crippen LogP contribution in [-0.2, 0) is 4.79 Å². The number of nitrogens with two attached hydrogens (primary N) is 1. The number of primary amides is 1. The van der Waals surface area contributed by atoms with E-state index in [4.69, 9.17) is 5.73 Å². The van der Waals surface area contributed by atoms with Gasteiger partial charge in [0.1, 0.15) is 5.54 Å². The summed E-state index contributed by atoms with van der Waals surface area (Å²) in [6, 6.07) is 0.711. The van der Waals surface area contributed by atoms with Crippen LogP contribution in [0.1, 0.15) is 58.8 Å². The Labute approximate surface area is 123 Å². The number of carbonyl (C=O) groups excluding carboxylic acids is 1. The second-order valence-electron chi connectivity index (χ2n) is 6.67. The van der Waals surface area contributed by atoms with Gasteiger partial charge in [0.15, 0.2) is 0 Å². The van der Waals surface area contributed by atoms with Gasteiger partial charge in [0.25, 0.3) is 0 Å². The summed E-state index contributed by atoms with van der Waals surface area (Å²) in [6.07, 6.45) is 7.97. The van der Waals surface area contributed by atoms with Crippen molar-refractivity contribution in [2.24, 2.45) is 11.7 Å². The monoisotopic (exact) mass is 281 g/mol. The topological polar surface area (TPSA) is 58.4 Å². The Balaban J connectivity index is 1.95. The van der Waals surface area contributed by atoms with E-state index in [1.54, 1.807) is 0 Å². The molecule has 1 saturated carbocycles. The van der Waals surface area contributed by atoms with Crippen molar-refractivity contribution < 1.29 is 4.79 Å². The first-order valence-corrected chi connectivity index (χ1v) is 8.39. The van der Waals surface area contributed by atoms with E-state index in [9.17, 15) is 4.79 Å². The van der Waals surface area contributed by atoms with Gasteiger partial charge >= 0.3 is 0 Å². The maximum absolute atomic E-state index is 12.0. The molecule has 0 aromatic rings. The molecule has 3 unspecified atom stereocenters. The van der Waals surface area contributed by atoms with Crippen molar-refractivity contribution in [2.75, 3.05) is 19.6 Å². The molecule has 1 aliphatic heterocycles. The minimum Gasteiger partial charge on any atom is -0.368 e. The lowest BCUT2D eigenvalue weighted by molar-refractivity contribution is -0.126. The van der Waals surface area contributed by atoms with Crippen LogP contribution in [0.5, 0.6) is 0 Å². The van der Waals surface area contributed by atoms with Crippen LogP contribution in [0, 0.1) is 5.92 Å². The van der Waals surface area contributed by atoms with E-state index in [2.05, 4.69) is 24.1 Å². The molecule has 0 bridgehead atoms. The van der Waals surface area contributed by atoms with Crippen molar-refractivity contribution in [3.63, 3.8) is 0 Å². The lowest BCUT2D eigenvalue weighted by atomic mass is 9.83. The van der Waals surface area contributed by atoms with Gasteiger partial charge in [0.2, 0.25) is 5.91 Å². The lowest BCUT2D eigenvalue weighted by Gasteiger charge is -2.35. The number of carbonyl (C=O) groups is 1. The maximum Gasteiger partial charge on any atom is 0.238 e. The average Bonchev–Trinajstić information content (AvgIpc) is 3.01. The third kappa shape index (κ3) is 3.17. The summed E-state index contributed by atoms with van der Waals surface area (Å²) in [6.45, 7) is 7.68. The highest BCUT2D eigenvalue weighted by atomic mass is 16.1. The predicted molar refractivity (Wildman–Crippen MR) is 82.4 cm³/mol. The number of hydrogen-bond donors (Lipinski definition) is 2. The van der Waals surface area contributed by atoms with Crippen molar-refractivity contribution in [1.29, 1.82) is 0 Å². The highest BCUT2D eigenvalue weighted by molar-refractivity contribution is 5.85. The highest BCUT2D eigenvalue weighted by Crippen LogP contribution is 2.38. The molecule has 20 heavy (non-hydrogen) atoms. The van der Waals surface area contributed by atoms with Crippen LogP contribution in [0.15, 0.2) is 0 Å². The van der Waals surface area contributed by atoms with Crippen LogP contribution >= 0.6 is 0 Å². The normalized spacial score (nSPS) is 34.7. The molecule has 0 radical (unpaired) electrons. The number of nitrogens with zero attached hydrogens (tertiary/aromatic N) is 1. The molecule has 1 heterocycles. The molecule has 2 fully saturated rings. The zero-order valence-corrected chi connectivity index (χ0v) is 13.2. The summed E-state index contributed by atoms with van der Waals surface area (Å²) in [7, 11) is 0. The molecule has 1 amide bonds. The SMILES string of the molecule is CCCNC1(C(N)=O)CCCC1CCN1CCCC1C. The second kappa shape index (κ2) is 6.90. The Morgan fingerprint density at radius 3 is 2.80 bits per heavy atom. The van der Waals surface area contributed by atoms with E-state index in [1.807, 2.05) is 0 Å². The third-order valence-electron chi connectivity index (χ3n) is 5.41. The first kappa shape index (κ1) is 15.8. The Bertz CT molecular complexity index is 334. The third-order valence-corrected chi connectivity index (χ3v) is 5.41. The molecular formula is C16H31N3O. The zero-order valence-electron chi connectivity index (χ0n) is 13.2. The van der Waals surface area contributed by atoms with Crippen molar-refractivity contribution in [1.82, 2.24) is 10.2 Å². The van der Waals surface area contributed by atoms with Crippen molar-refractivity contribution >= 4 is 5.91 Å². The van der Waals surface area contributed by atoms with Gasteiger partial charge in [-0.3, -0.25) is 4.79 Å². The Hall–Kier alpha value is -0.610. The fourth-order valence-electron chi connectivity index (χ4n) is 4.11. The van der Waals surface area contributed by atoms with E-state index >= 15 is 0 Å². The Morgan fingerprint density at radius 1 is 1.40 bits per heavy atom. The quantitative estimate of drug-likeness (QED) is 0.749. The first-order chi connectivity index (χ1) is 9.60. The van der Waals surface area contributed by atoms with E-state index in [1.165, 1.54) is 19.4 Å². The molecule has 0 aromatic heterocycles. The van der Waals surface area contributed by atoms with Gasteiger partial charge in [0.05, 0.1) is 0 Å². The van der Waals surface area contributed by atoms with E-state index in [0.29, 0.717) is 12.0 Å².